The van der Waals surface area contributed by atoms with Gasteiger partial charge in [-0.25, -0.2) is 0 Å². The van der Waals surface area contributed by atoms with Gasteiger partial charge in [-0.2, -0.15) is 4.99 Å². The molecule has 0 spiro atoms. The second-order valence-corrected chi connectivity index (χ2v) is 7.89. The summed E-state index contributed by atoms with van der Waals surface area (Å²) in [6, 6.07) is 8.13. The standard InChI is InChI=1S/C16H12ClN3O3S2/c1-2-7-19-12-5-3-10(20(22)23)8-13(12)25-16(19)18-15(21)9-11-4-6-14(17)24-11/h2-6,8H,1,7,9H2. The molecule has 0 saturated heterocycles. The van der Waals surface area contributed by atoms with E-state index in [1.165, 1.54) is 34.8 Å². The van der Waals surface area contributed by atoms with E-state index in [4.69, 9.17) is 11.6 Å². The first-order chi connectivity index (χ1) is 12.0. The van der Waals surface area contributed by atoms with Gasteiger partial charge in [-0.15, -0.1) is 17.9 Å². The average molecular weight is 394 g/mol. The molecular formula is C16H12ClN3O3S2. The number of rotatable bonds is 5. The first-order valence-corrected chi connectivity index (χ1v) is 9.19. The summed E-state index contributed by atoms with van der Waals surface area (Å²) < 4.78 is 3.14. The molecule has 1 aromatic carbocycles. The Morgan fingerprint density at radius 2 is 2.16 bits per heavy atom. The molecule has 0 atom stereocenters. The van der Waals surface area contributed by atoms with Crippen LogP contribution < -0.4 is 4.80 Å². The monoisotopic (exact) mass is 393 g/mol. The number of halogens is 1. The molecule has 25 heavy (non-hydrogen) atoms. The largest absolute Gasteiger partial charge is 0.312 e. The third-order valence-corrected chi connectivity index (χ3v) is 5.64. The topological polar surface area (TPSA) is 77.5 Å². The van der Waals surface area contributed by atoms with Crippen LogP contribution in [0.25, 0.3) is 10.2 Å². The number of nitro benzene ring substituents is 1. The number of fused-ring (bicyclic) bond motifs is 1. The van der Waals surface area contributed by atoms with E-state index in [1.54, 1.807) is 24.3 Å². The predicted molar refractivity (Wildman–Crippen MR) is 100 cm³/mol. The zero-order valence-corrected chi connectivity index (χ0v) is 15.2. The molecule has 128 valence electrons. The van der Waals surface area contributed by atoms with E-state index in [9.17, 15) is 14.9 Å². The third kappa shape index (κ3) is 3.87. The maximum absolute atomic E-state index is 12.3. The highest BCUT2D eigenvalue weighted by Gasteiger charge is 2.12. The summed E-state index contributed by atoms with van der Waals surface area (Å²) in [4.78, 5) is 28.3. The van der Waals surface area contributed by atoms with Crippen molar-refractivity contribution in [3.8, 4) is 0 Å². The van der Waals surface area contributed by atoms with Crippen molar-refractivity contribution >= 4 is 56.1 Å². The van der Waals surface area contributed by atoms with Gasteiger partial charge in [-0.3, -0.25) is 14.9 Å². The van der Waals surface area contributed by atoms with E-state index in [0.717, 1.165) is 10.4 Å². The van der Waals surface area contributed by atoms with Gasteiger partial charge in [0.25, 0.3) is 11.6 Å². The second kappa shape index (κ2) is 7.30. The summed E-state index contributed by atoms with van der Waals surface area (Å²) in [6.45, 7) is 4.17. The van der Waals surface area contributed by atoms with Crippen molar-refractivity contribution < 1.29 is 9.72 Å². The molecule has 6 nitrogen and oxygen atoms in total. The Hall–Kier alpha value is -2.29. The quantitative estimate of drug-likeness (QED) is 0.370. The number of carbonyl (C=O) groups excluding carboxylic acids is 1. The van der Waals surface area contributed by atoms with Crippen LogP contribution in [0.5, 0.6) is 0 Å². The van der Waals surface area contributed by atoms with Crippen molar-refractivity contribution in [2.45, 2.75) is 13.0 Å². The summed E-state index contributed by atoms with van der Waals surface area (Å²) in [5.74, 6) is -0.294. The highest BCUT2D eigenvalue weighted by Crippen LogP contribution is 2.24. The molecule has 0 saturated carbocycles. The van der Waals surface area contributed by atoms with Gasteiger partial charge in [0, 0.05) is 23.6 Å². The molecule has 2 aromatic heterocycles. The Morgan fingerprint density at radius 1 is 1.36 bits per heavy atom. The molecule has 9 heteroatoms. The van der Waals surface area contributed by atoms with Crippen molar-refractivity contribution in [2.75, 3.05) is 0 Å². The summed E-state index contributed by atoms with van der Waals surface area (Å²) in [7, 11) is 0. The smallest absolute Gasteiger partial charge is 0.270 e. The number of thiazole rings is 1. The lowest BCUT2D eigenvalue weighted by Crippen LogP contribution is -2.16. The van der Waals surface area contributed by atoms with E-state index < -0.39 is 4.92 Å². The van der Waals surface area contributed by atoms with E-state index in [1.807, 2.05) is 4.57 Å². The van der Waals surface area contributed by atoms with Crippen LogP contribution in [0.1, 0.15) is 4.88 Å². The summed E-state index contributed by atoms with van der Waals surface area (Å²) >= 11 is 8.45. The number of hydrogen-bond donors (Lipinski definition) is 0. The average Bonchev–Trinajstić information content (AvgIpc) is 3.11. The SMILES string of the molecule is C=CCn1c(=NC(=O)Cc2ccc(Cl)s2)sc2cc([N+](=O)[O-])ccc21. The van der Waals surface area contributed by atoms with E-state index >= 15 is 0 Å². The van der Waals surface area contributed by atoms with E-state index in [-0.39, 0.29) is 18.0 Å². The summed E-state index contributed by atoms with van der Waals surface area (Å²) in [6.07, 6.45) is 1.86. The summed E-state index contributed by atoms with van der Waals surface area (Å²) in [5.41, 5.74) is 0.784. The number of aromatic nitrogens is 1. The molecule has 2 heterocycles. The van der Waals surface area contributed by atoms with Crippen molar-refractivity contribution in [2.24, 2.45) is 4.99 Å². The van der Waals surface area contributed by atoms with Crippen LogP contribution in [-0.2, 0) is 17.8 Å². The fraction of sp³-hybridized carbons (Fsp3) is 0.125. The number of benzene rings is 1. The normalized spacial score (nSPS) is 11.8. The van der Waals surface area contributed by atoms with Crippen LogP contribution in [-0.4, -0.2) is 15.4 Å². The van der Waals surface area contributed by atoms with Gasteiger partial charge in [0.15, 0.2) is 4.80 Å². The number of carbonyl (C=O) groups is 1. The maximum Gasteiger partial charge on any atom is 0.270 e. The highest BCUT2D eigenvalue weighted by molar-refractivity contribution is 7.16. The predicted octanol–water partition coefficient (Wildman–Crippen LogP) is 4.18. The van der Waals surface area contributed by atoms with Gasteiger partial charge in [0.1, 0.15) is 0 Å². The lowest BCUT2D eigenvalue weighted by molar-refractivity contribution is -0.384. The van der Waals surface area contributed by atoms with Gasteiger partial charge in [-0.1, -0.05) is 29.0 Å². The number of hydrogen-bond acceptors (Lipinski definition) is 5. The molecule has 1 amide bonds. The second-order valence-electron chi connectivity index (χ2n) is 5.08. The first kappa shape index (κ1) is 17.5. The molecule has 0 bridgehead atoms. The van der Waals surface area contributed by atoms with Crippen molar-refractivity contribution in [1.29, 1.82) is 0 Å². The molecule has 0 aliphatic rings. The van der Waals surface area contributed by atoms with Crippen molar-refractivity contribution in [3.63, 3.8) is 0 Å². The Morgan fingerprint density at radius 3 is 2.80 bits per heavy atom. The minimum absolute atomic E-state index is 0.00519. The van der Waals surface area contributed by atoms with Crippen LogP contribution in [0.15, 0.2) is 48.0 Å². The number of non-ortho nitro benzene ring substituents is 1. The molecule has 0 fully saturated rings. The third-order valence-electron chi connectivity index (χ3n) is 3.36. The Kier molecular flexibility index (Phi) is 5.12. The molecule has 3 aromatic rings. The van der Waals surface area contributed by atoms with Gasteiger partial charge < -0.3 is 4.57 Å². The van der Waals surface area contributed by atoms with Crippen LogP contribution in [0, 0.1) is 10.1 Å². The Balaban J connectivity index is 2.03. The highest BCUT2D eigenvalue weighted by atomic mass is 35.5. The van der Waals surface area contributed by atoms with Gasteiger partial charge in [0.05, 0.1) is 25.9 Å². The fourth-order valence-electron chi connectivity index (χ4n) is 2.31. The maximum atomic E-state index is 12.3. The Labute approximate surface area is 155 Å². The van der Waals surface area contributed by atoms with Crippen molar-refractivity contribution in [3.05, 3.63) is 67.1 Å². The number of allylic oxidation sites excluding steroid dienone is 1. The van der Waals surface area contributed by atoms with Crippen LogP contribution >= 0.6 is 34.3 Å². The molecule has 0 radical (unpaired) electrons. The van der Waals surface area contributed by atoms with Gasteiger partial charge >= 0.3 is 0 Å². The molecule has 0 aliphatic carbocycles. The Bertz CT molecular complexity index is 1050. The molecule has 0 N–H and O–H groups in total. The minimum Gasteiger partial charge on any atom is -0.312 e. The lowest BCUT2D eigenvalue weighted by atomic mass is 10.3. The van der Waals surface area contributed by atoms with Gasteiger partial charge in [0.2, 0.25) is 0 Å². The number of nitrogens with zero attached hydrogens (tertiary/aromatic N) is 3. The molecule has 0 unspecified atom stereocenters. The zero-order chi connectivity index (χ0) is 18.0. The fourth-order valence-corrected chi connectivity index (χ4v) is 4.48. The van der Waals surface area contributed by atoms with Crippen LogP contribution in [0.2, 0.25) is 4.34 Å². The van der Waals surface area contributed by atoms with Gasteiger partial charge in [-0.05, 0) is 18.2 Å². The molecular weight excluding hydrogens is 382 g/mol. The van der Waals surface area contributed by atoms with Crippen LogP contribution in [0.4, 0.5) is 5.69 Å². The minimum atomic E-state index is -0.445. The number of amides is 1. The summed E-state index contributed by atoms with van der Waals surface area (Å²) in [5, 5.41) is 10.9. The van der Waals surface area contributed by atoms with E-state index in [0.29, 0.717) is 20.4 Å². The zero-order valence-electron chi connectivity index (χ0n) is 12.8. The first-order valence-electron chi connectivity index (χ1n) is 7.18. The number of nitro groups is 1. The van der Waals surface area contributed by atoms with Crippen LogP contribution in [0.3, 0.4) is 0 Å². The molecule has 0 aliphatic heterocycles. The van der Waals surface area contributed by atoms with E-state index in [2.05, 4.69) is 11.6 Å². The number of thiophene rings is 1. The van der Waals surface area contributed by atoms with Crippen molar-refractivity contribution in [1.82, 2.24) is 4.57 Å². The molecule has 3 rings (SSSR count). The lowest BCUT2D eigenvalue weighted by Gasteiger charge is -2.00.